The number of hydrogen-bond donors (Lipinski definition) is 1. The lowest BCUT2D eigenvalue weighted by Crippen LogP contribution is -2.21. The van der Waals surface area contributed by atoms with E-state index >= 15 is 0 Å². The average Bonchev–Trinajstić information content (AvgIpc) is 3.31. The van der Waals surface area contributed by atoms with Crippen molar-refractivity contribution in [1.82, 2.24) is 4.98 Å². The van der Waals surface area contributed by atoms with E-state index < -0.39 is 0 Å². The lowest BCUT2D eigenvalue weighted by atomic mass is 10.0. The first-order valence-corrected chi connectivity index (χ1v) is 13.3. The molecule has 192 valence electrons. The molecule has 1 amide bonds. The molecule has 0 aliphatic carbocycles. The Kier molecular flexibility index (Phi) is 7.11. The van der Waals surface area contributed by atoms with Crippen molar-refractivity contribution in [2.75, 3.05) is 12.4 Å². The molecule has 0 radical (unpaired) electrons. The summed E-state index contributed by atoms with van der Waals surface area (Å²) < 4.78 is 11.5. The summed E-state index contributed by atoms with van der Waals surface area (Å²) in [6.45, 7) is 8.25. The number of nitrogens with zero attached hydrogens (tertiary/aromatic N) is 2. The highest BCUT2D eigenvalue weighted by Gasteiger charge is 2.19. The number of methoxy groups -OCH3 is 1. The smallest absolute Gasteiger partial charge is 0.262 e. The standard InChI is InChI=1S/C31H29N3O3S/c1-6-27-28(24-15-19(3)10-11-20(24)4)33-31(38-27)34-29(35)25-17-21-16-23(36-5)12-13-26(21)37-30(25)32-22-9-7-8-18(2)14-22/h7-17H,6H2,1-5H3,(H,33,34,35). The van der Waals surface area contributed by atoms with Crippen LogP contribution in [0.3, 0.4) is 0 Å². The van der Waals surface area contributed by atoms with Gasteiger partial charge in [0.05, 0.1) is 18.5 Å². The molecule has 2 aromatic heterocycles. The van der Waals surface area contributed by atoms with E-state index in [1.807, 2.05) is 49.4 Å². The van der Waals surface area contributed by atoms with Gasteiger partial charge in [-0.2, -0.15) is 0 Å². The van der Waals surface area contributed by atoms with Crippen LogP contribution in [0.15, 0.2) is 76.1 Å². The summed E-state index contributed by atoms with van der Waals surface area (Å²) in [4.78, 5) is 24.3. The third kappa shape index (κ3) is 5.24. The molecule has 1 N–H and O–H groups in total. The Morgan fingerprint density at radius 3 is 2.61 bits per heavy atom. The maximum atomic E-state index is 13.7. The number of ether oxygens (including phenoxy) is 1. The summed E-state index contributed by atoms with van der Waals surface area (Å²) in [5, 5.41) is 4.28. The van der Waals surface area contributed by atoms with Crippen molar-refractivity contribution in [2.45, 2.75) is 34.1 Å². The van der Waals surface area contributed by atoms with Crippen LogP contribution in [0.1, 0.15) is 38.8 Å². The maximum absolute atomic E-state index is 13.7. The van der Waals surface area contributed by atoms with Crippen LogP contribution >= 0.6 is 11.3 Å². The van der Waals surface area contributed by atoms with Gasteiger partial charge < -0.3 is 9.15 Å². The zero-order valence-corrected chi connectivity index (χ0v) is 22.9. The molecule has 0 fully saturated rings. The first kappa shape index (κ1) is 25.4. The monoisotopic (exact) mass is 523 g/mol. The summed E-state index contributed by atoms with van der Waals surface area (Å²) in [6, 6.07) is 21.3. The predicted octanol–water partition coefficient (Wildman–Crippen LogP) is 7.54. The van der Waals surface area contributed by atoms with E-state index in [2.05, 4.69) is 49.3 Å². The quantitative estimate of drug-likeness (QED) is 0.249. The number of thiazole rings is 1. The molecule has 0 spiro atoms. The van der Waals surface area contributed by atoms with Gasteiger partial charge in [-0.05, 0) is 80.8 Å². The van der Waals surface area contributed by atoms with Crippen molar-refractivity contribution in [1.29, 1.82) is 0 Å². The Morgan fingerprint density at radius 2 is 1.84 bits per heavy atom. The van der Waals surface area contributed by atoms with Crippen molar-refractivity contribution in [3.05, 3.63) is 99.4 Å². The minimum Gasteiger partial charge on any atom is -0.497 e. The number of carbonyl (C=O) groups excluding carboxylic acids is 1. The predicted molar refractivity (Wildman–Crippen MR) is 154 cm³/mol. The topological polar surface area (TPSA) is 76.7 Å². The molecule has 2 heterocycles. The highest BCUT2D eigenvalue weighted by atomic mass is 32.1. The molecule has 0 saturated heterocycles. The molecular weight excluding hydrogens is 494 g/mol. The largest absolute Gasteiger partial charge is 0.497 e. The zero-order chi connectivity index (χ0) is 26.8. The van der Waals surface area contributed by atoms with Gasteiger partial charge in [0.2, 0.25) is 5.55 Å². The van der Waals surface area contributed by atoms with E-state index in [1.54, 1.807) is 13.2 Å². The second kappa shape index (κ2) is 10.6. The summed E-state index contributed by atoms with van der Waals surface area (Å²) in [7, 11) is 1.61. The number of benzene rings is 3. The fraction of sp³-hybridized carbons (Fsp3) is 0.194. The van der Waals surface area contributed by atoms with E-state index in [0.717, 1.165) is 39.1 Å². The molecule has 0 aliphatic rings. The van der Waals surface area contributed by atoms with Gasteiger partial charge in [0.15, 0.2) is 5.13 Å². The van der Waals surface area contributed by atoms with Crippen LogP contribution in [0.25, 0.3) is 22.2 Å². The molecule has 0 bridgehead atoms. The van der Waals surface area contributed by atoms with Gasteiger partial charge in [-0.3, -0.25) is 10.1 Å². The van der Waals surface area contributed by atoms with Crippen molar-refractivity contribution in [3.8, 4) is 17.0 Å². The molecule has 0 atom stereocenters. The number of hydrogen-bond acceptors (Lipinski definition) is 6. The Bertz CT molecular complexity index is 1730. The number of fused-ring (bicyclic) bond motifs is 1. The Hall–Kier alpha value is -4.23. The lowest BCUT2D eigenvalue weighted by Gasteiger charge is -2.07. The first-order valence-electron chi connectivity index (χ1n) is 12.5. The van der Waals surface area contributed by atoms with Gasteiger partial charge in [-0.25, -0.2) is 9.98 Å². The summed E-state index contributed by atoms with van der Waals surface area (Å²) in [5.41, 5.74) is 7.23. The zero-order valence-electron chi connectivity index (χ0n) is 22.1. The fourth-order valence-corrected chi connectivity index (χ4v) is 5.22. The number of rotatable bonds is 6. The van der Waals surface area contributed by atoms with Crippen molar-refractivity contribution < 1.29 is 13.9 Å². The van der Waals surface area contributed by atoms with Crippen LogP contribution in [0.4, 0.5) is 10.8 Å². The van der Waals surface area contributed by atoms with Gasteiger partial charge in [0.25, 0.3) is 5.91 Å². The molecule has 0 unspecified atom stereocenters. The van der Waals surface area contributed by atoms with Crippen LogP contribution in [-0.4, -0.2) is 18.0 Å². The van der Waals surface area contributed by atoms with E-state index in [0.29, 0.717) is 27.7 Å². The Labute approximate surface area is 225 Å². The highest BCUT2D eigenvalue weighted by Crippen LogP contribution is 2.34. The molecule has 0 aliphatic heterocycles. The number of nitrogens with one attached hydrogen (secondary N) is 1. The van der Waals surface area contributed by atoms with E-state index in [-0.39, 0.29) is 11.5 Å². The SMILES string of the molecule is CCc1sc(NC(=O)c2cc3cc(OC)ccc3oc2=Nc2cccc(C)c2)nc1-c1cc(C)ccc1C. The summed E-state index contributed by atoms with van der Waals surface area (Å²) in [6.07, 6.45) is 0.815. The van der Waals surface area contributed by atoms with Crippen LogP contribution in [0, 0.1) is 20.8 Å². The van der Waals surface area contributed by atoms with Crippen molar-refractivity contribution in [2.24, 2.45) is 4.99 Å². The average molecular weight is 524 g/mol. The number of amides is 1. The molecule has 7 heteroatoms. The van der Waals surface area contributed by atoms with Crippen LogP contribution < -0.4 is 15.6 Å². The second-order valence-corrected chi connectivity index (χ2v) is 10.3. The van der Waals surface area contributed by atoms with Crippen molar-refractivity contribution >= 4 is 39.0 Å². The van der Waals surface area contributed by atoms with Crippen LogP contribution in [0.5, 0.6) is 5.75 Å². The molecule has 38 heavy (non-hydrogen) atoms. The van der Waals surface area contributed by atoms with Gasteiger partial charge in [-0.1, -0.05) is 36.8 Å². The highest BCUT2D eigenvalue weighted by molar-refractivity contribution is 7.16. The third-order valence-electron chi connectivity index (χ3n) is 6.32. The second-order valence-electron chi connectivity index (χ2n) is 9.24. The van der Waals surface area contributed by atoms with Crippen LogP contribution in [-0.2, 0) is 6.42 Å². The van der Waals surface area contributed by atoms with E-state index in [1.165, 1.54) is 16.9 Å². The molecule has 5 rings (SSSR count). The summed E-state index contributed by atoms with van der Waals surface area (Å²) in [5.74, 6) is 0.335. The summed E-state index contributed by atoms with van der Waals surface area (Å²) >= 11 is 1.49. The molecule has 3 aromatic carbocycles. The maximum Gasteiger partial charge on any atom is 0.262 e. The van der Waals surface area contributed by atoms with E-state index in [9.17, 15) is 4.79 Å². The number of anilines is 1. The molecule has 0 saturated carbocycles. The number of aromatic nitrogens is 1. The molecule has 6 nitrogen and oxygen atoms in total. The normalized spacial score (nSPS) is 11.7. The van der Waals surface area contributed by atoms with Gasteiger partial charge in [0, 0.05) is 15.8 Å². The molecule has 5 aromatic rings. The minimum atomic E-state index is -0.339. The molecular formula is C31H29N3O3S. The van der Waals surface area contributed by atoms with E-state index in [4.69, 9.17) is 14.1 Å². The van der Waals surface area contributed by atoms with Gasteiger partial charge in [0.1, 0.15) is 16.9 Å². The van der Waals surface area contributed by atoms with Gasteiger partial charge in [-0.15, -0.1) is 11.3 Å². The number of aryl methyl sites for hydroxylation is 4. The Morgan fingerprint density at radius 1 is 1.03 bits per heavy atom. The Balaban J connectivity index is 1.59. The van der Waals surface area contributed by atoms with Gasteiger partial charge >= 0.3 is 0 Å². The van der Waals surface area contributed by atoms with Crippen LogP contribution in [0.2, 0.25) is 0 Å². The lowest BCUT2D eigenvalue weighted by molar-refractivity contribution is 0.102. The number of carbonyl (C=O) groups is 1. The third-order valence-corrected chi connectivity index (χ3v) is 7.43. The fourth-order valence-electron chi connectivity index (χ4n) is 4.31. The first-order chi connectivity index (χ1) is 18.3. The minimum absolute atomic E-state index is 0.229. The van der Waals surface area contributed by atoms with Crippen molar-refractivity contribution in [3.63, 3.8) is 0 Å².